The Hall–Kier alpha value is -0.760. The summed E-state index contributed by atoms with van der Waals surface area (Å²) >= 11 is 0. The Balaban J connectivity index is 1.76. The van der Waals surface area contributed by atoms with Gasteiger partial charge in [0.2, 0.25) is 0 Å². The molecule has 1 N–H and O–H groups in total. The van der Waals surface area contributed by atoms with Crippen LogP contribution in [0.3, 0.4) is 0 Å². The number of nitrogens with one attached hydrogen (secondary N) is 1. The summed E-state index contributed by atoms with van der Waals surface area (Å²) in [6.45, 7) is 5.61. The molecule has 0 amide bonds. The maximum absolute atomic E-state index is 5.31. The monoisotopic (exact) mass is 207 g/mol. The molecule has 0 saturated heterocycles. The molecule has 0 spiro atoms. The van der Waals surface area contributed by atoms with Crippen molar-refractivity contribution in [3.8, 4) is 0 Å². The standard InChI is InChI=1S/C13H21NO/c1-10-5-6-12(8-11(10)2)14-9-13-4-3-7-15-13/h3-4,7,10-12,14H,5-6,8-9H2,1-2H3/t10-,11+,12-/m1/s1. The first kappa shape index (κ1) is 10.7. The van der Waals surface area contributed by atoms with Crippen LogP contribution in [-0.2, 0) is 6.54 Å². The zero-order valence-electron chi connectivity index (χ0n) is 9.70. The molecule has 2 heteroatoms. The lowest BCUT2D eigenvalue weighted by Gasteiger charge is -2.32. The summed E-state index contributed by atoms with van der Waals surface area (Å²) in [7, 11) is 0. The number of rotatable bonds is 3. The Bertz CT molecular complexity index is 281. The van der Waals surface area contributed by atoms with E-state index in [1.165, 1.54) is 19.3 Å². The Labute approximate surface area is 92.1 Å². The summed E-state index contributed by atoms with van der Waals surface area (Å²) in [5, 5.41) is 3.58. The summed E-state index contributed by atoms with van der Waals surface area (Å²) in [6, 6.07) is 4.66. The fourth-order valence-electron chi connectivity index (χ4n) is 2.39. The molecule has 3 atom stereocenters. The van der Waals surface area contributed by atoms with Crippen LogP contribution in [0, 0.1) is 11.8 Å². The lowest BCUT2D eigenvalue weighted by molar-refractivity contribution is 0.223. The normalized spacial score (nSPS) is 31.7. The minimum atomic E-state index is 0.682. The zero-order chi connectivity index (χ0) is 10.7. The van der Waals surface area contributed by atoms with Crippen LogP contribution < -0.4 is 5.32 Å². The molecule has 15 heavy (non-hydrogen) atoms. The molecule has 2 rings (SSSR count). The second-order valence-corrected chi connectivity index (χ2v) is 4.92. The van der Waals surface area contributed by atoms with Crippen molar-refractivity contribution in [1.29, 1.82) is 0 Å². The van der Waals surface area contributed by atoms with Crippen molar-refractivity contribution < 1.29 is 4.42 Å². The first-order valence-corrected chi connectivity index (χ1v) is 6.01. The number of hydrogen-bond acceptors (Lipinski definition) is 2. The molecular weight excluding hydrogens is 186 g/mol. The number of furan rings is 1. The van der Waals surface area contributed by atoms with Crippen molar-refractivity contribution in [2.24, 2.45) is 11.8 Å². The Kier molecular flexibility index (Phi) is 3.47. The van der Waals surface area contributed by atoms with Crippen molar-refractivity contribution in [3.05, 3.63) is 24.2 Å². The number of hydrogen-bond donors (Lipinski definition) is 1. The highest BCUT2D eigenvalue weighted by molar-refractivity contribution is 4.98. The highest BCUT2D eigenvalue weighted by atomic mass is 16.3. The van der Waals surface area contributed by atoms with E-state index < -0.39 is 0 Å². The molecule has 0 unspecified atom stereocenters. The van der Waals surface area contributed by atoms with Gasteiger partial charge in [-0.2, -0.15) is 0 Å². The van der Waals surface area contributed by atoms with Crippen LogP contribution in [-0.4, -0.2) is 6.04 Å². The molecule has 84 valence electrons. The highest BCUT2D eigenvalue weighted by Crippen LogP contribution is 2.29. The van der Waals surface area contributed by atoms with Gasteiger partial charge in [0.15, 0.2) is 0 Å². The van der Waals surface area contributed by atoms with Crippen molar-refractivity contribution in [1.82, 2.24) is 5.32 Å². The molecule has 1 aliphatic rings. The van der Waals surface area contributed by atoms with Crippen LogP contribution in [0.5, 0.6) is 0 Å². The van der Waals surface area contributed by atoms with Crippen LogP contribution in [0.25, 0.3) is 0 Å². The molecule has 1 aromatic heterocycles. The van der Waals surface area contributed by atoms with E-state index in [4.69, 9.17) is 4.42 Å². The van der Waals surface area contributed by atoms with E-state index in [2.05, 4.69) is 19.2 Å². The van der Waals surface area contributed by atoms with Gasteiger partial charge in [-0.15, -0.1) is 0 Å². The second kappa shape index (κ2) is 4.84. The lowest BCUT2D eigenvalue weighted by atomic mass is 9.79. The predicted molar refractivity (Wildman–Crippen MR) is 61.5 cm³/mol. The molecule has 0 aliphatic heterocycles. The SMILES string of the molecule is C[C@@H]1CC[C@@H](NCc2ccco2)C[C@@H]1C. The maximum Gasteiger partial charge on any atom is 0.117 e. The van der Waals surface area contributed by atoms with Gasteiger partial charge in [-0.05, 0) is 43.2 Å². The van der Waals surface area contributed by atoms with E-state index in [0.717, 1.165) is 24.1 Å². The molecule has 1 aromatic rings. The first-order chi connectivity index (χ1) is 7.25. The summed E-state index contributed by atoms with van der Waals surface area (Å²) in [5.74, 6) is 2.79. The fraction of sp³-hybridized carbons (Fsp3) is 0.692. The summed E-state index contributed by atoms with van der Waals surface area (Å²) < 4.78 is 5.31. The molecule has 0 radical (unpaired) electrons. The molecular formula is C13H21NO. The first-order valence-electron chi connectivity index (χ1n) is 6.01. The molecule has 1 saturated carbocycles. The third kappa shape index (κ3) is 2.85. The van der Waals surface area contributed by atoms with E-state index in [1.807, 2.05) is 12.1 Å². The minimum absolute atomic E-state index is 0.682. The van der Waals surface area contributed by atoms with Gasteiger partial charge in [-0.3, -0.25) is 0 Å². The predicted octanol–water partition coefficient (Wildman–Crippen LogP) is 3.19. The third-order valence-corrected chi connectivity index (χ3v) is 3.74. The van der Waals surface area contributed by atoms with Crippen LogP contribution >= 0.6 is 0 Å². The highest BCUT2D eigenvalue weighted by Gasteiger charge is 2.23. The zero-order valence-corrected chi connectivity index (χ0v) is 9.70. The largest absolute Gasteiger partial charge is 0.468 e. The fourth-order valence-corrected chi connectivity index (χ4v) is 2.39. The lowest BCUT2D eigenvalue weighted by Crippen LogP contribution is -2.35. The van der Waals surface area contributed by atoms with Crippen LogP contribution in [0.15, 0.2) is 22.8 Å². The quantitative estimate of drug-likeness (QED) is 0.823. The van der Waals surface area contributed by atoms with Gasteiger partial charge < -0.3 is 9.73 Å². The average molecular weight is 207 g/mol. The van der Waals surface area contributed by atoms with Crippen LogP contribution in [0.2, 0.25) is 0 Å². The van der Waals surface area contributed by atoms with Crippen LogP contribution in [0.4, 0.5) is 0 Å². The average Bonchev–Trinajstić information content (AvgIpc) is 2.73. The van der Waals surface area contributed by atoms with E-state index in [0.29, 0.717) is 6.04 Å². The van der Waals surface area contributed by atoms with Gasteiger partial charge in [-0.25, -0.2) is 0 Å². The minimum Gasteiger partial charge on any atom is -0.468 e. The Morgan fingerprint density at radius 3 is 2.87 bits per heavy atom. The van der Waals surface area contributed by atoms with Crippen molar-refractivity contribution in [2.45, 2.75) is 45.7 Å². The molecule has 0 bridgehead atoms. The van der Waals surface area contributed by atoms with Crippen molar-refractivity contribution >= 4 is 0 Å². The van der Waals surface area contributed by atoms with Gasteiger partial charge >= 0.3 is 0 Å². The van der Waals surface area contributed by atoms with Crippen LogP contribution in [0.1, 0.15) is 38.9 Å². The van der Waals surface area contributed by atoms with Gasteiger partial charge in [0.25, 0.3) is 0 Å². The Morgan fingerprint density at radius 1 is 1.33 bits per heavy atom. The van der Waals surface area contributed by atoms with E-state index in [9.17, 15) is 0 Å². The summed E-state index contributed by atoms with van der Waals surface area (Å²) in [5.41, 5.74) is 0. The van der Waals surface area contributed by atoms with Gasteiger partial charge in [0, 0.05) is 6.04 Å². The van der Waals surface area contributed by atoms with Crippen molar-refractivity contribution in [2.75, 3.05) is 0 Å². The smallest absolute Gasteiger partial charge is 0.117 e. The molecule has 0 aromatic carbocycles. The van der Waals surface area contributed by atoms with E-state index in [-0.39, 0.29) is 0 Å². The summed E-state index contributed by atoms with van der Waals surface area (Å²) in [4.78, 5) is 0. The third-order valence-electron chi connectivity index (χ3n) is 3.74. The molecule has 1 aliphatic carbocycles. The molecule has 1 fully saturated rings. The van der Waals surface area contributed by atoms with E-state index >= 15 is 0 Å². The summed E-state index contributed by atoms with van der Waals surface area (Å²) in [6.07, 6.45) is 5.72. The van der Waals surface area contributed by atoms with Gasteiger partial charge in [0.1, 0.15) is 5.76 Å². The van der Waals surface area contributed by atoms with Gasteiger partial charge in [-0.1, -0.05) is 13.8 Å². The topological polar surface area (TPSA) is 25.2 Å². The Morgan fingerprint density at radius 2 is 2.20 bits per heavy atom. The second-order valence-electron chi connectivity index (χ2n) is 4.92. The maximum atomic E-state index is 5.31. The molecule has 1 heterocycles. The van der Waals surface area contributed by atoms with E-state index in [1.54, 1.807) is 6.26 Å². The van der Waals surface area contributed by atoms with Gasteiger partial charge in [0.05, 0.1) is 12.8 Å². The molecule has 2 nitrogen and oxygen atoms in total. The van der Waals surface area contributed by atoms with Crippen molar-refractivity contribution in [3.63, 3.8) is 0 Å².